The molecule has 0 bridgehead atoms. The molecule has 1 heterocycles. The first kappa shape index (κ1) is 20.3. The average Bonchev–Trinajstić information content (AvgIpc) is 3.09. The van der Waals surface area contributed by atoms with Gasteiger partial charge in [0.05, 0.1) is 0 Å². The molecular weight excluding hydrogens is 381 g/mol. The quantitative estimate of drug-likeness (QED) is 0.755. The van der Waals surface area contributed by atoms with Crippen molar-refractivity contribution in [1.82, 2.24) is 15.1 Å². The van der Waals surface area contributed by atoms with Crippen LogP contribution >= 0.6 is 12.2 Å². The lowest BCUT2D eigenvalue weighted by Crippen LogP contribution is -2.53. The molecule has 1 unspecified atom stereocenters. The van der Waals surface area contributed by atoms with Gasteiger partial charge >= 0.3 is 0 Å². The van der Waals surface area contributed by atoms with Crippen LogP contribution in [0.1, 0.15) is 36.8 Å². The van der Waals surface area contributed by atoms with Crippen molar-refractivity contribution in [3.05, 3.63) is 71.5 Å². The Bertz CT molecular complexity index is 841. The lowest BCUT2D eigenvalue weighted by Gasteiger charge is -2.47. The fourth-order valence-corrected chi connectivity index (χ4v) is 5.52. The van der Waals surface area contributed by atoms with E-state index in [0.29, 0.717) is 12.1 Å². The van der Waals surface area contributed by atoms with Gasteiger partial charge in [0.2, 0.25) is 0 Å². The molecule has 2 aromatic rings. The third-order valence-corrected chi connectivity index (χ3v) is 7.51. The van der Waals surface area contributed by atoms with Crippen molar-refractivity contribution in [1.29, 1.82) is 0 Å². The molecule has 1 aliphatic heterocycles. The highest BCUT2D eigenvalue weighted by atomic mass is 32.1. The van der Waals surface area contributed by atoms with Gasteiger partial charge in [-0.05, 0) is 74.8 Å². The van der Waals surface area contributed by atoms with E-state index in [2.05, 4.69) is 53.5 Å². The van der Waals surface area contributed by atoms with Crippen molar-refractivity contribution in [2.45, 2.75) is 49.7 Å². The number of thiocarbonyl (C=S) groups is 1. The SMILES string of the molecule is CN(C(=S)NCc1ccccc1)C1CC[C@@]2(c3ccc(F)cc3)CCN(C)[C@H]2C1. The van der Waals surface area contributed by atoms with Crippen LogP contribution in [0.15, 0.2) is 54.6 Å². The fourth-order valence-electron chi connectivity index (χ4n) is 5.30. The molecule has 1 N–H and O–H groups in total. The van der Waals surface area contributed by atoms with Crippen LogP contribution in [0.25, 0.3) is 0 Å². The summed E-state index contributed by atoms with van der Waals surface area (Å²) in [5.74, 6) is -0.156. The second-order valence-corrected chi connectivity index (χ2v) is 8.98. The van der Waals surface area contributed by atoms with Crippen LogP contribution in [-0.2, 0) is 12.0 Å². The summed E-state index contributed by atoms with van der Waals surface area (Å²) in [6, 6.07) is 18.5. The zero-order chi connectivity index (χ0) is 20.4. The first-order valence-electron chi connectivity index (χ1n) is 10.5. The van der Waals surface area contributed by atoms with Crippen molar-refractivity contribution < 1.29 is 4.39 Å². The van der Waals surface area contributed by atoms with Crippen LogP contribution in [0.2, 0.25) is 0 Å². The van der Waals surface area contributed by atoms with E-state index in [1.54, 1.807) is 12.1 Å². The monoisotopic (exact) mass is 411 g/mol. The van der Waals surface area contributed by atoms with Crippen LogP contribution in [0, 0.1) is 5.82 Å². The molecule has 29 heavy (non-hydrogen) atoms. The first-order chi connectivity index (χ1) is 14.0. The van der Waals surface area contributed by atoms with E-state index < -0.39 is 0 Å². The fraction of sp³-hybridized carbons (Fsp3) is 0.458. The van der Waals surface area contributed by atoms with E-state index in [1.165, 1.54) is 11.1 Å². The Balaban J connectivity index is 1.44. The number of rotatable bonds is 4. The van der Waals surface area contributed by atoms with Gasteiger partial charge in [0, 0.05) is 31.1 Å². The Labute approximate surface area is 178 Å². The maximum absolute atomic E-state index is 13.5. The molecule has 0 aromatic heterocycles. The Morgan fingerprint density at radius 3 is 2.62 bits per heavy atom. The third-order valence-electron chi connectivity index (χ3n) is 7.07. The van der Waals surface area contributed by atoms with E-state index in [1.807, 2.05) is 18.2 Å². The number of halogens is 1. The number of nitrogens with zero attached hydrogens (tertiary/aromatic N) is 2. The van der Waals surface area contributed by atoms with Gasteiger partial charge in [-0.1, -0.05) is 42.5 Å². The van der Waals surface area contributed by atoms with Gasteiger partial charge in [-0.3, -0.25) is 0 Å². The Morgan fingerprint density at radius 1 is 1.17 bits per heavy atom. The summed E-state index contributed by atoms with van der Waals surface area (Å²) in [5, 5.41) is 4.23. The topological polar surface area (TPSA) is 18.5 Å². The van der Waals surface area contributed by atoms with Crippen molar-refractivity contribution in [3.63, 3.8) is 0 Å². The maximum atomic E-state index is 13.5. The minimum Gasteiger partial charge on any atom is -0.358 e. The van der Waals surface area contributed by atoms with Crippen LogP contribution in [0.5, 0.6) is 0 Å². The van der Waals surface area contributed by atoms with Gasteiger partial charge < -0.3 is 15.1 Å². The molecule has 5 heteroatoms. The number of hydrogen-bond donors (Lipinski definition) is 1. The first-order valence-corrected chi connectivity index (χ1v) is 10.9. The molecule has 3 nitrogen and oxygen atoms in total. The largest absolute Gasteiger partial charge is 0.358 e. The predicted octanol–water partition coefficient (Wildman–Crippen LogP) is 4.33. The van der Waals surface area contributed by atoms with Crippen molar-refractivity contribution >= 4 is 17.3 Å². The maximum Gasteiger partial charge on any atom is 0.169 e. The van der Waals surface area contributed by atoms with E-state index in [0.717, 1.165) is 43.9 Å². The molecule has 4 rings (SSSR count). The second-order valence-electron chi connectivity index (χ2n) is 8.59. The Morgan fingerprint density at radius 2 is 1.90 bits per heavy atom. The Hall–Kier alpha value is -1.98. The van der Waals surface area contributed by atoms with Gasteiger partial charge in [-0.25, -0.2) is 4.39 Å². The number of hydrogen-bond acceptors (Lipinski definition) is 2. The smallest absolute Gasteiger partial charge is 0.169 e. The summed E-state index contributed by atoms with van der Waals surface area (Å²) in [5.41, 5.74) is 2.66. The Kier molecular flexibility index (Phi) is 5.88. The van der Waals surface area contributed by atoms with Crippen LogP contribution < -0.4 is 5.32 Å². The molecule has 0 amide bonds. The molecule has 2 fully saturated rings. The standard InChI is InChI=1S/C24H30FN3S/c1-27-15-14-24(19-8-10-20(25)11-9-19)13-12-21(16-22(24)27)28(2)23(29)26-17-18-6-4-3-5-7-18/h3-11,21-22H,12-17H2,1-2H3,(H,26,29)/t21?,22-,24-/m0/s1. The van der Waals surface area contributed by atoms with E-state index in [9.17, 15) is 4.39 Å². The van der Waals surface area contributed by atoms with Gasteiger partial charge in [0.15, 0.2) is 5.11 Å². The summed E-state index contributed by atoms with van der Waals surface area (Å²) in [6.45, 7) is 1.84. The minimum absolute atomic E-state index is 0.138. The number of benzene rings is 2. The molecule has 154 valence electrons. The number of fused-ring (bicyclic) bond motifs is 1. The molecular formula is C24H30FN3S. The van der Waals surface area contributed by atoms with Crippen LogP contribution in [0.3, 0.4) is 0 Å². The minimum atomic E-state index is -0.156. The molecule has 1 aliphatic carbocycles. The van der Waals surface area contributed by atoms with Crippen molar-refractivity contribution in [3.8, 4) is 0 Å². The summed E-state index contributed by atoms with van der Waals surface area (Å²) in [6.07, 6.45) is 4.44. The molecule has 1 saturated carbocycles. The normalized spacial score (nSPS) is 26.7. The second kappa shape index (κ2) is 8.41. The van der Waals surface area contributed by atoms with Crippen LogP contribution in [-0.4, -0.2) is 47.6 Å². The molecule has 3 atom stereocenters. The summed E-state index contributed by atoms with van der Waals surface area (Å²) in [7, 11) is 4.34. The lowest BCUT2D eigenvalue weighted by atomic mass is 9.65. The van der Waals surface area contributed by atoms with E-state index in [4.69, 9.17) is 12.2 Å². The molecule has 2 aliphatic rings. The molecule has 1 saturated heterocycles. The van der Waals surface area contributed by atoms with E-state index >= 15 is 0 Å². The summed E-state index contributed by atoms with van der Waals surface area (Å²) >= 11 is 5.70. The number of likely N-dealkylation sites (tertiary alicyclic amines) is 1. The van der Waals surface area contributed by atoms with E-state index in [-0.39, 0.29) is 11.2 Å². The zero-order valence-corrected chi connectivity index (χ0v) is 18.1. The number of nitrogens with one attached hydrogen (secondary N) is 1. The molecule has 0 spiro atoms. The van der Waals surface area contributed by atoms with Gasteiger partial charge in [0.1, 0.15) is 5.82 Å². The molecule has 2 aromatic carbocycles. The van der Waals surface area contributed by atoms with Crippen LogP contribution in [0.4, 0.5) is 4.39 Å². The predicted molar refractivity (Wildman–Crippen MR) is 120 cm³/mol. The summed E-state index contributed by atoms with van der Waals surface area (Å²) < 4.78 is 13.5. The lowest BCUT2D eigenvalue weighted by molar-refractivity contribution is 0.126. The highest BCUT2D eigenvalue weighted by Gasteiger charge is 2.50. The van der Waals surface area contributed by atoms with Crippen molar-refractivity contribution in [2.75, 3.05) is 20.6 Å². The zero-order valence-electron chi connectivity index (χ0n) is 17.3. The van der Waals surface area contributed by atoms with Gasteiger partial charge in [-0.2, -0.15) is 0 Å². The third kappa shape index (κ3) is 4.03. The number of likely N-dealkylation sites (N-methyl/N-ethyl adjacent to an activating group) is 1. The van der Waals surface area contributed by atoms with Crippen molar-refractivity contribution in [2.24, 2.45) is 0 Å². The average molecular weight is 412 g/mol. The molecule has 0 radical (unpaired) electrons. The summed E-state index contributed by atoms with van der Waals surface area (Å²) in [4.78, 5) is 4.74. The van der Waals surface area contributed by atoms with Gasteiger partial charge in [-0.15, -0.1) is 0 Å². The van der Waals surface area contributed by atoms with Gasteiger partial charge in [0.25, 0.3) is 0 Å². The highest BCUT2D eigenvalue weighted by Crippen LogP contribution is 2.49. The highest BCUT2D eigenvalue weighted by molar-refractivity contribution is 7.80.